The van der Waals surface area contributed by atoms with Gasteiger partial charge in [-0.2, -0.15) is 18.2 Å². The summed E-state index contributed by atoms with van der Waals surface area (Å²) in [4.78, 5) is 13.4. The van der Waals surface area contributed by atoms with Crippen molar-refractivity contribution in [2.45, 2.75) is 18.5 Å². The molecule has 4 rings (SSSR count). The fourth-order valence-corrected chi connectivity index (χ4v) is 2.38. The number of carboxylic acids is 1. The lowest BCUT2D eigenvalue weighted by Crippen LogP contribution is -2.54. The predicted octanol–water partition coefficient (Wildman–Crippen LogP) is 2.98. The zero-order valence-electron chi connectivity index (χ0n) is 13.5. The fraction of sp³-hybridized carbons (Fsp3) is 0.312. The van der Waals surface area contributed by atoms with E-state index in [0.29, 0.717) is 11.7 Å². The molecule has 1 fully saturated rings. The van der Waals surface area contributed by atoms with Gasteiger partial charge in [-0.15, -0.1) is 0 Å². The lowest BCUT2D eigenvalue weighted by atomic mass is 9.84. The Kier molecular flexibility index (Phi) is 4.45. The van der Waals surface area contributed by atoms with Crippen LogP contribution < -0.4 is 5.32 Å². The number of benzene rings is 1. The lowest BCUT2D eigenvalue weighted by Gasteiger charge is -2.35. The van der Waals surface area contributed by atoms with E-state index in [2.05, 4.69) is 22.4 Å². The molecule has 1 aromatic carbocycles. The van der Waals surface area contributed by atoms with E-state index in [-0.39, 0.29) is 5.41 Å². The van der Waals surface area contributed by atoms with Crippen LogP contribution in [0, 0.1) is 0 Å². The van der Waals surface area contributed by atoms with Crippen molar-refractivity contribution in [3.63, 3.8) is 0 Å². The van der Waals surface area contributed by atoms with Crippen molar-refractivity contribution in [1.82, 2.24) is 15.5 Å². The molecule has 0 radical (unpaired) electrons. The number of carboxylic acid groups (broad SMARTS) is 1. The topological polar surface area (TPSA) is 101 Å². The van der Waals surface area contributed by atoms with Gasteiger partial charge in [0.2, 0.25) is 11.7 Å². The number of furan rings is 1. The van der Waals surface area contributed by atoms with Crippen molar-refractivity contribution in [2.24, 2.45) is 0 Å². The van der Waals surface area contributed by atoms with Gasteiger partial charge in [-0.3, -0.25) is 0 Å². The van der Waals surface area contributed by atoms with Gasteiger partial charge in [0.05, 0.1) is 11.0 Å². The third-order valence-corrected chi connectivity index (χ3v) is 3.94. The highest BCUT2D eigenvalue weighted by Gasteiger charge is 2.39. The molecule has 0 unspecified atom stereocenters. The van der Waals surface area contributed by atoms with Crippen LogP contribution in [0.15, 0.2) is 39.5 Å². The zero-order valence-corrected chi connectivity index (χ0v) is 13.5. The van der Waals surface area contributed by atoms with Crippen LogP contribution in [-0.2, 0) is 10.2 Å². The van der Waals surface area contributed by atoms with Gasteiger partial charge >= 0.3 is 12.1 Å². The van der Waals surface area contributed by atoms with E-state index in [9.17, 15) is 13.2 Å². The highest BCUT2D eigenvalue weighted by Crippen LogP contribution is 2.32. The molecule has 0 spiro atoms. The number of rotatable bonds is 2. The predicted molar refractivity (Wildman–Crippen MR) is 83.4 cm³/mol. The van der Waals surface area contributed by atoms with E-state index in [0.717, 1.165) is 29.6 Å². The third-order valence-electron chi connectivity index (χ3n) is 3.94. The lowest BCUT2D eigenvalue weighted by molar-refractivity contribution is -0.192. The van der Waals surface area contributed by atoms with Crippen molar-refractivity contribution < 1.29 is 32.0 Å². The monoisotopic (exact) mass is 369 g/mol. The minimum Gasteiger partial charge on any atom is -0.475 e. The Morgan fingerprint density at radius 2 is 1.96 bits per heavy atom. The Hall–Kier alpha value is -2.88. The van der Waals surface area contributed by atoms with E-state index < -0.39 is 12.1 Å². The molecule has 0 saturated carbocycles. The minimum absolute atomic E-state index is 0.0369. The Morgan fingerprint density at radius 1 is 1.31 bits per heavy atom. The van der Waals surface area contributed by atoms with Crippen LogP contribution in [0.4, 0.5) is 13.2 Å². The van der Waals surface area contributed by atoms with Gasteiger partial charge in [-0.25, -0.2) is 4.79 Å². The summed E-state index contributed by atoms with van der Waals surface area (Å²) in [7, 11) is 0. The number of halogens is 3. The summed E-state index contributed by atoms with van der Waals surface area (Å²) >= 11 is 0. The van der Waals surface area contributed by atoms with Crippen LogP contribution >= 0.6 is 0 Å². The first-order valence-corrected chi connectivity index (χ1v) is 7.52. The maximum atomic E-state index is 10.6. The largest absolute Gasteiger partial charge is 0.490 e. The number of hydrogen-bond acceptors (Lipinski definition) is 6. The molecule has 3 aromatic rings. The maximum Gasteiger partial charge on any atom is 0.490 e. The molecule has 0 aliphatic carbocycles. The van der Waals surface area contributed by atoms with Crippen LogP contribution in [0.2, 0.25) is 0 Å². The summed E-state index contributed by atoms with van der Waals surface area (Å²) in [6.07, 6.45) is -3.40. The van der Waals surface area contributed by atoms with Gasteiger partial charge in [-0.1, -0.05) is 23.4 Å². The number of nitrogens with one attached hydrogen (secondary N) is 1. The molecular formula is C16H14F3N3O4. The summed E-state index contributed by atoms with van der Waals surface area (Å²) in [5.41, 5.74) is 1.67. The number of alkyl halides is 3. The van der Waals surface area contributed by atoms with Crippen molar-refractivity contribution in [3.8, 4) is 11.4 Å². The average molecular weight is 369 g/mol. The van der Waals surface area contributed by atoms with Crippen LogP contribution in [0.1, 0.15) is 12.8 Å². The van der Waals surface area contributed by atoms with Gasteiger partial charge in [0.15, 0.2) is 0 Å². The van der Waals surface area contributed by atoms with Crippen LogP contribution in [0.5, 0.6) is 0 Å². The van der Waals surface area contributed by atoms with E-state index in [1.807, 2.05) is 24.3 Å². The van der Waals surface area contributed by atoms with Gasteiger partial charge in [-0.05, 0) is 13.0 Å². The second-order valence-corrected chi connectivity index (χ2v) is 6.04. The molecule has 2 N–H and O–H groups in total. The summed E-state index contributed by atoms with van der Waals surface area (Å²) in [6.45, 7) is 3.87. The molecule has 1 aliphatic rings. The molecule has 2 aromatic heterocycles. The number of fused-ring (bicyclic) bond motifs is 1. The van der Waals surface area contributed by atoms with Gasteiger partial charge in [0.25, 0.3) is 0 Å². The van der Waals surface area contributed by atoms with E-state index in [1.165, 1.54) is 0 Å². The summed E-state index contributed by atoms with van der Waals surface area (Å²) < 4.78 is 42.6. The highest BCUT2D eigenvalue weighted by molar-refractivity contribution is 5.91. The summed E-state index contributed by atoms with van der Waals surface area (Å²) in [5.74, 6) is -1.48. The molecule has 3 heterocycles. The number of nitrogens with zero attached hydrogens (tertiary/aromatic N) is 2. The van der Waals surface area contributed by atoms with E-state index >= 15 is 0 Å². The van der Waals surface area contributed by atoms with Crippen LogP contribution in [-0.4, -0.2) is 40.5 Å². The fourth-order valence-electron chi connectivity index (χ4n) is 2.38. The Morgan fingerprint density at radius 3 is 2.54 bits per heavy atom. The maximum absolute atomic E-state index is 10.6. The highest BCUT2D eigenvalue weighted by atomic mass is 19.4. The quantitative estimate of drug-likeness (QED) is 0.716. The molecular weight excluding hydrogens is 355 g/mol. The smallest absolute Gasteiger partial charge is 0.475 e. The van der Waals surface area contributed by atoms with Crippen molar-refractivity contribution in [1.29, 1.82) is 0 Å². The number of para-hydroxylation sites is 1. The van der Waals surface area contributed by atoms with Crippen molar-refractivity contribution >= 4 is 16.9 Å². The molecule has 0 amide bonds. The SMILES string of the molecule is CC1(c2nc(-c3coc4ccccc34)no2)CNC1.O=C(O)C(F)(F)F. The first-order chi connectivity index (χ1) is 12.2. The molecule has 0 bridgehead atoms. The number of aliphatic carboxylic acids is 1. The molecule has 10 heteroatoms. The molecule has 1 aliphatic heterocycles. The molecule has 7 nitrogen and oxygen atoms in total. The zero-order chi connectivity index (χ0) is 18.9. The normalized spacial score (nSPS) is 15.8. The molecule has 26 heavy (non-hydrogen) atoms. The molecule has 0 atom stereocenters. The summed E-state index contributed by atoms with van der Waals surface area (Å²) in [5, 5.41) is 15.4. The third kappa shape index (κ3) is 3.40. The second kappa shape index (κ2) is 6.45. The number of aromatic nitrogens is 2. The summed E-state index contributed by atoms with van der Waals surface area (Å²) in [6, 6.07) is 7.84. The van der Waals surface area contributed by atoms with Crippen molar-refractivity contribution in [2.75, 3.05) is 13.1 Å². The van der Waals surface area contributed by atoms with Gasteiger partial charge < -0.3 is 19.4 Å². The van der Waals surface area contributed by atoms with E-state index in [4.69, 9.17) is 18.8 Å². The van der Waals surface area contributed by atoms with Crippen LogP contribution in [0.25, 0.3) is 22.4 Å². The first kappa shape index (κ1) is 17.9. The van der Waals surface area contributed by atoms with Gasteiger partial charge in [0, 0.05) is 18.5 Å². The Labute approximate surface area is 144 Å². The number of hydrogen-bond donors (Lipinski definition) is 2. The minimum atomic E-state index is -5.08. The van der Waals surface area contributed by atoms with Gasteiger partial charge in [0.1, 0.15) is 11.8 Å². The van der Waals surface area contributed by atoms with Crippen molar-refractivity contribution in [3.05, 3.63) is 36.4 Å². The van der Waals surface area contributed by atoms with Crippen LogP contribution in [0.3, 0.4) is 0 Å². The van der Waals surface area contributed by atoms with E-state index in [1.54, 1.807) is 6.26 Å². The second-order valence-electron chi connectivity index (χ2n) is 6.04. The Balaban J connectivity index is 0.000000242. The first-order valence-electron chi connectivity index (χ1n) is 7.52. The molecule has 138 valence electrons. The molecule has 1 saturated heterocycles. The standard InChI is InChI=1S/C14H13N3O2.C2HF3O2/c1-14(7-15-8-14)13-16-12(17-19-13)10-6-18-11-5-3-2-4-9(10)11;3-2(4,5)1(6)7/h2-6,15H,7-8H2,1H3;(H,6,7). The number of carbonyl (C=O) groups is 1. The Bertz CT molecular complexity index is 928. The average Bonchev–Trinajstić information content (AvgIpc) is 3.19.